The van der Waals surface area contributed by atoms with E-state index in [4.69, 9.17) is 5.73 Å². The van der Waals surface area contributed by atoms with E-state index in [1.165, 1.54) is 0 Å². The van der Waals surface area contributed by atoms with Gasteiger partial charge in [-0.15, -0.1) is 12.4 Å². The maximum Gasteiger partial charge on any atom is 0.209 e. The number of hydrogen-bond donors (Lipinski definition) is 2. The monoisotopic (exact) mass is 202 g/mol. The minimum atomic E-state index is -3.12. The van der Waals surface area contributed by atoms with Crippen LogP contribution in [0.25, 0.3) is 0 Å². The minimum absolute atomic E-state index is 0. The average molecular weight is 203 g/mol. The van der Waals surface area contributed by atoms with Crippen LogP contribution in [0.1, 0.15) is 13.8 Å². The molecule has 0 aromatic heterocycles. The van der Waals surface area contributed by atoms with Crippen LogP contribution in [0.5, 0.6) is 0 Å². The van der Waals surface area contributed by atoms with E-state index >= 15 is 0 Å². The highest BCUT2D eigenvalue weighted by molar-refractivity contribution is 7.88. The van der Waals surface area contributed by atoms with Gasteiger partial charge in [-0.2, -0.15) is 0 Å². The summed E-state index contributed by atoms with van der Waals surface area (Å²) in [4.78, 5) is 0. The molecule has 0 spiro atoms. The van der Waals surface area contributed by atoms with Gasteiger partial charge in [0.2, 0.25) is 10.0 Å². The fourth-order valence-corrected chi connectivity index (χ4v) is 1.63. The van der Waals surface area contributed by atoms with Crippen molar-refractivity contribution in [3.8, 4) is 0 Å². The summed E-state index contributed by atoms with van der Waals surface area (Å²) in [6.07, 6.45) is 1.12. The van der Waals surface area contributed by atoms with Gasteiger partial charge in [0.05, 0.1) is 6.26 Å². The Morgan fingerprint density at radius 3 is 1.91 bits per heavy atom. The van der Waals surface area contributed by atoms with E-state index in [2.05, 4.69) is 4.72 Å². The lowest BCUT2D eigenvalue weighted by atomic mass is 10.1. The van der Waals surface area contributed by atoms with Gasteiger partial charge >= 0.3 is 0 Å². The molecule has 0 saturated carbocycles. The largest absolute Gasteiger partial charge is 0.329 e. The maximum absolute atomic E-state index is 10.6. The molecule has 0 bridgehead atoms. The molecule has 3 N–H and O–H groups in total. The Hall–Kier alpha value is 0.160. The second kappa shape index (κ2) is 4.25. The molecule has 0 rings (SSSR count). The highest BCUT2D eigenvalue weighted by atomic mass is 35.5. The Morgan fingerprint density at radius 2 is 1.82 bits per heavy atom. The van der Waals surface area contributed by atoms with Crippen LogP contribution in [0.2, 0.25) is 0 Å². The van der Waals surface area contributed by atoms with Gasteiger partial charge in [0.15, 0.2) is 0 Å². The van der Waals surface area contributed by atoms with E-state index in [0.29, 0.717) is 6.54 Å². The van der Waals surface area contributed by atoms with E-state index in [-0.39, 0.29) is 12.4 Å². The van der Waals surface area contributed by atoms with Crippen LogP contribution in [-0.2, 0) is 10.0 Å². The molecule has 0 saturated heterocycles. The third kappa shape index (κ3) is 8.06. The fourth-order valence-electron chi connectivity index (χ4n) is 0.544. The molecule has 0 radical (unpaired) electrons. The van der Waals surface area contributed by atoms with Gasteiger partial charge in [0.1, 0.15) is 0 Å². The molecule has 0 unspecified atom stereocenters. The second-order valence-electron chi connectivity index (χ2n) is 2.96. The molecular weight excluding hydrogens is 188 g/mol. The Morgan fingerprint density at radius 1 is 1.45 bits per heavy atom. The molecule has 0 aromatic rings. The molecule has 0 amide bonds. The van der Waals surface area contributed by atoms with E-state index < -0.39 is 15.6 Å². The Kier molecular flexibility index (Phi) is 5.31. The molecule has 11 heavy (non-hydrogen) atoms. The second-order valence-corrected chi connectivity index (χ2v) is 4.71. The van der Waals surface area contributed by atoms with Crippen LogP contribution < -0.4 is 10.5 Å². The molecule has 0 aromatic carbocycles. The Labute approximate surface area is 74.0 Å². The van der Waals surface area contributed by atoms with Crippen LogP contribution in [-0.4, -0.2) is 26.8 Å². The summed E-state index contributed by atoms with van der Waals surface area (Å²) in [7, 11) is -3.12. The lowest BCUT2D eigenvalue weighted by molar-refractivity contribution is 0.465. The highest BCUT2D eigenvalue weighted by Gasteiger charge is 2.19. The number of sulfonamides is 1. The highest BCUT2D eigenvalue weighted by Crippen LogP contribution is 1.99. The van der Waals surface area contributed by atoms with Crippen LogP contribution in [0, 0.1) is 0 Å². The third-order valence-electron chi connectivity index (χ3n) is 0.972. The smallest absolute Gasteiger partial charge is 0.209 e. The zero-order valence-electron chi connectivity index (χ0n) is 6.92. The number of nitrogens with one attached hydrogen (secondary N) is 1. The molecule has 0 fully saturated rings. The van der Waals surface area contributed by atoms with Gasteiger partial charge in [0, 0.05) is 12.1 Å². The molecular formula is C5H15ClN2O2S. The predicted molar refractivity (Wildman–Crippen MR) is 48.4 cm³/mol. The summed E-state index contributed by atoms with van der Waals surface area (Å²) in [6, 6.07) is 0. The van der Waals surface area contributed by atoms with Gasteiger partial charge in [-0.25, -0.2) is 13.1 Å². The van der Waals surface area contributed by atoms with Gasteiger partial charge in [0.25, 0.3) is 0 Å². The first-order valence-corrected chi connectivity index (χ1v) is 4.85. The first-order valence-electron chi connectivity index (χ1n) is 2.96. The van der Waals surface area contributed by atoms with Crippen LogP contribution in [0.4, 0.5) is 0 Å². The third-order valence-corrected chi connectivity index (χ3v) is 1.90. The van der Waals surface area contributed by atoms with E-state index in [1.807, 2.05) is 0 Å². The summed E-state index contributed by atoms with van der Waals surface area (Å²) in [6.45, 7) is 3.75. The van der Waals surface area contributed by atoms with Crippen LogP contribution in [0.3, 0.4) is 0 Å². The summed E-state index contributed by atoms with van der Waals surface area (Å²) < 4.78 is 23.7. The van der Waals surface area contributed by atoms with Crippen molar-refractivity contribution in [2.75, 3.05) is 12.8 Å². The topological polar surface area (TPSA) is 72.2 Å². The van der Waals surface area contributed by atoms with E-state index in [9.17, 15) is 8.42 Å². The molecule has 0 heterocycles. The normalized spacial score (nSPS) is 12.4. The lowest BCUT2D eigenvalue weighted by Crippen LogP contribution is -2.48. The zero-order valence-corrected chi connectivity index (χ0v) is 8.55. The first-order chi connectivity index (χ1) is 4.27. The van der Waals surface area contributed by atoms with Crippen molar-refractivity contribution in [3.05, 3.63) is 0 Å². The van der Waals surface area contributed by atoms with E-state index in [0.717, 1.165) is 6.26 Å². The van der Waals surface area contributed by atoms with Crippen molar-refractivity contribution in [2.45, 2.75) is 19.4 Å². The zero-order chi connectivity index (χ0) is 8.41. The summed E-state index contributed by atoms with van der Waals surface area (Å²) in [5, 5.41) is 0. The number of rotatable bonds is 3. The van der Waals surface area contributed by atoms with Gasteiger partial charge < -0.3 is 5.73 Å². The number of nitrogens with two attached hydrogens (primary N) is 1. The molecule has 6 heteroatoms. The molecule has 0 atom stereocenters. The standard InChI is InChI=1S/C5H14N2O2S.ClH/c1-5(2,4-6)7-10(3,8)9;/h7H,4,6H2,1-3H3;1H. The van der Waals surface area contributed by atoms with Crippen molar-refractivity contribution < 1.29 is 8.42 Å². The molecule has 0 aliphatic carbocycles. The van der Waals surface area contributed by atoms with Crippen molar-refractivity contribution in [1.82, 2.24) is 4.72 Å². The average Bonchev–Trinajstić information content (AvgIpc) is 1.60. The van der Waals surface area contributed by atoms with Crippen molar-refractivity contribution >= 4 is 22.4 Å². The van der Waals surface area contributed by atoms with Crippen molar-refractivity contribution in [1.29, 1.82) is 0 Å². The SMILES string of the molecule is CC(C)(CN)NS(C)(=O)=O.Cl. The molecule has 0 aliphatic heterocycles. The Bertz CT molecular complexity index is 201. The van der Waals surface area contributed by atoms with Gasteiger partial charge in [-0.3, -0.25) is 0 Å². The number of halogens is 1. The quantitative estimate of drug-likeness (QED) is 0.660. The number of hydrogen-bond acceptors (Lipinski definition) is 3. The predicted octanol–water partition coefficient (Wildman–Crippen LogP) is -0.305. The lowest BCUT2D eigenvalue weighted by Gasteiger charge is -2.22. The minimum Gasteiger partial charge on any atom is -0.329 e. The maximum atomic E-state index is 10.6. The van der Waals surface area contributed by atoms with Crippen LogP contribution in [0.15, 0.2) is 0 Å². The summed E-state index contributed by atoms with van der Waals surface area (Å²) in [5.74, 6) is 0. The van der Waals surface area contributed by atoms with Crippen molar-refractivity contribution in [2.24, 2.45) is 5.73 Å². The van der Waals surface area contributed by atoms with Gasteiger partial charge in [-0.05, 0) is 13.8 Å². The molecule has 4 nitrogen and oxygen atoms in total. The molecule has 0 aliphatic rings. The molecule has 70 valence electrons. The van der Waals surface area contributed by atoms with E-state index in [1.54, 1.807) is 13.8 Å². The van der Waals surface area contributed by atoms with Crippen LogP contribution >= 0.6 is 12.4 Å². The first kappa shape index (κ1) is 13.7. The van der Waals surface area contributed by atoms with Crippen molar-refractivity contribution in [3.63, 3.8) is 0 Å². The summed E-state index contributed by atoms with van der Waals surface area (Å²) >= 11 is 0. The van der Waals surface area contributed by atoms with Gasteiger partial charge in [-0.1, -0.05) is 0 Å². The Balaban J connectivity index is 0. The fraction of sp³-hybridized carbons (Fsp3) is 1.00. The summed E-state index contributed by atoms with van der Waals surface area (Å²) in [5.41, 5.74) is 4.75.